The van der Waals surface area contributed by atoms with Crippen LogP contribution in [0.5, 0.6) is 0 Å². The number of likely N-dealkylation sites (tertiary alicyclic amines) is 1. The molecule has 2 aliphatic rings. The Morgan fingerprint density at radius 3 is 2.56 bits per heavy atom. The van der Waals surface area contributed by atoms with Crippen LogP contribution in [0.4, 0.5) is 0 Å². The summed E-state index contributed by atoms with van der Waals surface area (Å²) >= 11 is 0. The molecular weight excluding hydrogens is 402 g/mol. The zero-order valence-electron chi connectivity index (χ0n) is 20.0. The van der Waals surface area contributed by atoms with E-state index < -0.39 is 0 Å². The fourth-order valence-corrected chi connectivity index (χ4v) is 4.50. The van der Waals surface area contributed by atoms with E-state index in [-0.39, 0.29) is 23.4 Å². The Balaban J connectivity index is 1.49. The van der Waals surface area contributed by atoms with Gasteiger partial charge in [0, 0.05) is 49.7 Å². The second-order valence-corrected chi connectivity index (χ2v) is 10.1. The van der Waals surface area contributed by atoms with E-state index in [0.29, 0.717) is 24.0 Å². The lowest BCUT2D eigenvalue weighted by Crippen LogP contribution is -2.45. The first-order valence-electron chi connectivity index (χ1n) is 11.9. The summed E-state index contributed by atoms with van der Waals surface area (Å²) in [7, 11) is 1.75. The molecule has 1 heterocycles. The summed E-state index contributed by atoms with van der Waals surface area (Å²) in [6.45, 7) is 8.03. The van der Waals surface area contributed by atoms with Crippen molar-refractivity contribution in [3.63, 3.8) is 0 Å². The van der Waals surface area contributed by atoms with Crippen LogP contribution in [0.3, 0.4) is 0 Å². The third-order valence-corrected chi connectivity index (χ3v) is 6.16. The molecular formula is C25H39N5O2. The molecule has 3 rings (SSSR count). The Morgan fingerprint density at radius 1 is 1.12 bits per heavy atom. The van der Waals surface area contributed by atoms with E-state index in [0.717, 1.165) is 37.9 Å². The zero-order chi connectivity index (χ0) is 23.1. The van der Waals surface area contributed by atoms with Gasteiger partial charge in [-0.2, -0.15) is 0 Å². The first-order chi connectivity index (χ1) is 15.2. The average molecular weight is 442 g/mol. The topological polar surface area (TPSA) is 85.8 Å². The van der Waals surface area contributed by atoms with Gasteiger partial charge in [-0.3, -0.25) is 14.6 Å². The third kappa shape index (κ3) is 6.97. The Kier molecular flexibility index (Phi) is 8.15. The Bertz CT molecular complexity index is 824. The molecule has 1 atom stereocenters. The number of aliphatic imine (C=N–C) groups is 1. The van der Waals surface area contributed by atoms with Crippen LogP contribution in [0, 0.1) is 5.92 Å². The molecule has 1 aromatic rings. The van der Waals surface area contributed by atoms with Gasteiger partial charge in [-0.15, -0.1) is 0 Å². The first-order valence-corrected chi connectivity index (χ1v) is 11.9. The standard InChI is InChI=1S/C25H39N5O2/c1-25(2,3)29-22(31)20-12-8-9-18(15-20)16-27-24(26-4)28-21-13-14-30(17-21)23(32)19-10-6-5-7-11-19/h8-9,12,15,19,21H,5-7,10-11,13-14,16-17H2,1-4H3,(H,29,31)(H2,26,27,28). The molecule has 0 radical (unpaired) electrons. The Hall–Kier alpha value is -2.57. The van der Waals surface area contributed by atoms with Gasteiger partial charge >= 0.3 is 0 Å². The van der Waals surface area contributed by atoms with Crippen molar-refractivity contribution in [2.24, 2.45) is 10.9 Å². The highest BCUT2D eigenvalue weighted by Crippen LogP contribution is 2.26. The van der Waals surface area contributed by atoms with E-state index >= 15 is 0 Å². The number of amides is 2. The number of rotatable bonds is 5. The van der Waals surface area contributed by atoms with Crippen LogP contribution in [0.25, 0.3) is 0 Å². The number of nitrogens with one attached hydrogen (secondary N) is 3. The van der Waals surface area contributed by atoms with Gasteiger partial charge in [0.1, 0.15) is 0 Å². The minimum atomic E-state index is -0.273. The molecule has 1 saturated carbocycles. The summed E-state index contributed by atoms with van der Waals surface area (Å²) in [5, 5.41) is 9.79. The van der Waals surface area contributed by atoms with E-state index in [2.05, 4.69) is 20.9 Å². The molecule has 0 aromatic heterocycles. The molecule has 1 unspecified atom stereocenters. The SMILES string of the molecule is CN=C(NCc1cccc(C(=O)NC(C)(C)C)c1)NC1CCN(C(=O)C2CCCCC2)C1. The number of hydrogen-bond acceptors (Lipinski definition) is 3. The molecule has 176 valence electrons. The van der Waals surface area contributed by atoms with Gasteiger partial charge in [-0.05, 0) is 57.7 Å². The van der Waals surface area contributed by atoms with Crippen molar-refractivity contribution in [1.82, 2.24) is 20.9 Å². The quantitative estimate of drug-likeness (QED) is 0.484. The van der Waals surface area contributed by atoms with E-state index in [1.807, 2.05) is 49.9 Å². The highest BCUT2D eigenvalue weighted by molar-refractivity contribution is 5.94. The Morgan fingerprint density at radius 2 is 1.88 bits per heavy atom. The molecule has 1 saturated heterocycles. The largest absolute Gasteiger partial charge is 0.352 e. The molecule has 0 bridgehead atoms. The van der Waals surface area contributed by atoms with E-state index in [1.54, 1.807) is 7.05 Å². The molecule has 2 amide bonds. The fraction of sp³-hybridized carbons (Fsp3) is 0.640. The maximum atomic E-state index is 12.8. The average Bonchev–Trinajstić information content (AvgIpc) is 3.24. The minimum absolute atomic E-state index is 0.0736. The molecule has 32 heavy (non-hydrogen) atoms. The normalized spacial score (nSPS) is 20.2. The summed E-state index contributed by atoms with van der Waals surface area (Å²) in [4.78, 5) is 31.6. The van der Waals surface area contributed by atoms with Crippen molar-refractivity contribution in [3.05, 3.63) is 35.4 Å². The lowest BCUT2D eigenvalue weighted by Gasteiger charge is -2.26. The number of guanidine groups is 1. The summed E-state index contributed by atoms with van der Waals surface area (Å²) in [5.74, 6) is 1.20. The van der Waals surface area contributed by atoms with Gasteiger partial charge in [-0.1, -0.05) is 31.4 Å². The zero-order valence-corrected chi connectivity index (χ0v) is 20.0. The van der Waals surface area contributed by atoms with Crippen molar-refractivity contribution < 1.29 is 9.59 Å². The third-order valence-electron chi connectivity index (χ3n) is 6.16. The molecule has 2 fully saturated rings. The Labute approximate surface area is 192 Å². The number of carbonyl (C=O) groups is 2. The lowest BCUT2D eigenvalue weighted by atomic mass is 9.88. The number of nitrogens with zero attached hydrogens (tertiary/aromatic N) is 2. The predicted octanol–water partition coefficient (Wildman–Crippen LogP) is 3.06. The monoisotopic (exact) mass is 441 g/mol. The molecule has 1 aliphatic heterocycles. The maximum Gasteiger partial charge on any atom is 0.251 e. The summed E-state index contributed by atoms with van der Waals surface area (Å²) in [5.41, 5.74) is 1.38. The number of hydrogen-bond donors (Lipinski definition) is 3. The van der Waals surface area contributed by atoms with Crippen LogP contribution in [-0.2, 0) is 11.3 Å². The molecule has 7 heteroatoms. The van der Waals surface area contributed by atoms with Gasteiger partial charge in [0.25, 0.3) is 5.91 Å². The highest BCUT2D eigenvalue weighted by Gasteiger charge is 2.31. The van der Waals surface area contributed by atoms with Gasteiger partial charge in [0.05, 0.1) is 0 Å². The molecule has 0 spiro atoms. The van der Waals surface area contributed by atoms with Gasteiger partial charge < -0.3 is 20.9 Å². The molecule has 7 nitrogen and oxygen atoms in total. The lowest BCUT2D eigenvalue weighted by molar-refractivity contribution is -0.135. The predicted molar refractivity (Wildman–Crippen MR) is 129 cm³/mol. The van der Waals surface area contributed by atoms with Crippen molar-refractivity contribution in [2.45, 2.75) is 77.4 Å². The molecule has 1 aromatic carbocycles. The summed E-state index contributed by atoms with van der Waals surface area (Å²) in [6, 6.07) is 7.83. The van der Waals surface area contributed by atoms with Crippen LogP contribution in [0.1, 0.15) is 75.2 Å². The number of benzene rings is 1. The van der Waals surface area contributed by atoms with E-state index in [9.17, 15) is 9.59 Å². The highest BCUT2D eigenvalue weighted by atomic mass is 16.2. The fourth-order valence-electron chi connectivity index (χ4n) is 4.50. The number of carbonyl (C=O) groups excluding carboxylic acids is 2. The van der Waals surface area contributed by atoms with Crippen molar-refractivity contribution >= 4 is 17.8 Å². The van der Waals surface area contributed by atoms with Crippen LogP contribution < -0.4 is 16.0 Å². The first kappa shape index (κ1) is 24.1. The maximum absolute atomic E-state index is 12.8. The van der Waals surface area contributed by atoms with Crippen LogP contribution in [-0.4, -0.2) is 54.4 Å². The van der Waals surface area contributed by atoms with Crippen LogP contribution in [0.2, 0.25) is 0 Å². The summed E-state index contributed by atoms with van der Waals surface area (Å²) in [6.07, 6.45) is 6.65. The smallest absolute Gasteiger partial charge is 0.251 e. The van der Waals surface area contributed by atoms with Crippen molar-refractivity contribution in [1.29, 1.82) is 0 Å². The van der Waals surface area contributed by atoms with Crippen LogP contribution >= 0.6 is 0 Å². The van der Waals surface area contributed by atoms with E-state index in [4.69, 9.17) is 0 Å². The summed E-state index contributed by atoms with van der Waals surface area (Å²) < 4.78 is 0. The van der Waals surface area contributed by atoms with Gasteiger partial charge in [0.2, 0.25) is 5.91 Å². The van der Waals surface area contributed by atoms with E-state index in [1.165, 1.54) is 19.3 Å². The van der Waals surface area contributed by atoms with Crippen LogP contribution in [0.15, 0.2) is 29.3 Å². The second kappa shape index (κ2) is 10.8. The molecule has 3 N–H and O–H groups in total. The van der Waals surface area contributed by atoms with Crippen molar-refractivity contribution in [2.75, 3.05) is 20.1 Å². The van der Waals surface area contributed by atoms with Crippen molar-refractivity contribution in [3.8, 4) is 0 Å². The van der Waals surface area contributed by atoms with Gasteiger partial charge in [-0.25, -0.2) is 0 Å². The minimum Gasteiger partial charge on any atom is -0.352 e. The second-order valence-electron chi connectivity index (χ2n) is 10.1. The molecule has 1 aliphatic carbocycles. The van der Waals surface area contributed by atoms with Gasteiger partial charge in [0.15, 0.2) is 5.96 Å².